The molecule has 0 aliphatic rings. The minimum Gasteiger partial charge on any atom is -0.457 e. The SMILES string of the molecule is C=CCCCCC[SiH](CC)O[Si](CC)(CC)CC. The van der Waals surface area contributed by atoms with Crippen LogP contribution < -0.4 is 0 Å². The summed E-state index contributed by atoms with van der Waals surface area (Å²) < 4.78 is 6.70. The van der Waals surface area contributed by atoms with Crippen molar-refractivity contribution in [2.24, 2.45) is 0 Å². The standard InChI is InChI=1S/C15H34OSi2/c1-6-11-12-13-14-15-17(7-2)16-18(8-3,9-4)10-5/h6,17H,1,7-15H2,2-5H3. The van der Waals surface area contributed by atoms with Crippen LogP contribution >= 0.6 is 0 Å². The van der Waals surface area contributed by atoms with Gasteiger partial charge in [-0.15, -0.1) is 6.58 Å². The molecule has 0 aliphatic carbocycles. The Morgan fingerprint density at radius 2 is 1.61 bits per heavy atom. The zero-order valence-electron chi connectivity index (χ0n) is 13.1. The molecule has 0 saturated heterocycles. The van der Waals surface area contributed by atoms with Crippen molar-refractivity contribution in [1.82, 2.24) is 0 Å². The monoisotopic (exact) mass is 286 g/mol. The van der Waals surface area contributed by atoms with E-state index < -0.39 is 17.4 Å². The summed E-state index contributed by atoms with van der Waals surface area (Å²) in [6, 6.07) is 6.62. The van der Waals surface area contributed by atoms with E-state index in [0.29, 0.717) is 0 Å². The first-order valence-corrected chi connectivity index (χ1v) is 12.6. The minimum atomic E-state index is -1.33. The Bertz CT molecular complexity index is 194. The molecule has 0 aromatic carbocycles. The number of unbranched alkanes of at least 4 members (excludes halogenated alkanes) is 3. The molecule has 0 aromatic heterocycles. The van der Waals surface area contributed by atoms with Crippen LogP contribution in [0.4, 0.5) is 0 Å². The lowest BCUT2D eigenvalue weighted by molar-refractivity contribution is 0.533. The first-order valence-electron chi connectivity index (χ1n) is 7.96. The Kier molecular flexibility index (Phi) is 11.1. The molecule has 0 radical (unpaired) electrons. The third-order valence-corrected chi connectivity index (χ3v) is 13.4. The Morgan fingerprint density at radius 3 is 2.06 bits per heavy atom. The molecule has 0 bridgehead atoms. The fraction of sp³-hybridized carbons (Fsp3) is 0.867. The third kappa shape index (κ3) is 6.90. The van der Waals surface area contributed by atoms with Crippen LogP contribution in [0.1, 0.15) is 53.4 Å². The maximum absolute atomic E-state index is 6.70. The van der Waals surface area contributed by atoms with Crippen LogP contribution in [0, 0.1) is 0 Å². The van der Waals surface area contributed by atoms with E-state index in [1.165, 1.54) is 55.9 Å². The summed E-state index contributed by atoms with van der Waals surface area (Å²) in [5.41, 5.74) is 0. The van der Waals surface area contributed by atoms with Gasteiger partial charge in [0, 0.05) is 0 Å². The lowest BCUT2D eigenvalue weighted by Gasteiger charge is -2.33. The maximum atomic E-state index is 6.70. The summed E-state index contributed by atoms with van der Waals surface area (Å²) >= 11 is 0. The van der Waals surface area contributed by atoms with Crippen molar-refractivity contribution in [3.63, 3.8) is 0 Å². The van der Waals surface area contributed by atoms with Crippen LogP contribution in [0.15, 0.2) is 12.7 Å². The summed E-state index contributed by atoms with van der Waals surface area (Å²) in [5.74, 6) is 0. The van der Waals surface area contributed by atoms with Gasteiger partial charge in [-0.1, -0.05) is 46.6 Å². The highest BCUT2D eigenvalue weighted by molar-refractivity contribution is 6.80. The molecule has 0 aliphatic heterocycles. The number of hydrogen-bond donors (Lipinski definition) is 0. The molecule has 0 amide bonds. The third-order valence-electron chi connectivity index (χ3n) is 4.24. The molecule has 108 valence electrons. The normalized spacial score (nSPS) is 13.6. The van der Waals surface area contributed by atoms with Crippen LogP contribution in [0.2, 0.25) is 30.2 Å². The van der Waals surface area contributed by atoms with Gasteiger partial charge in [-0.3, -0.25) is 0 Å². The molecule has 0 heterocycles. The van der Waals surface area contributed by atoms with E-state index in [-0.39, 0.29) is 0 Å². The van der Waals surface area contributed by atoms with E-state index in [2.05, 4.69) is 34.3 Å². The van der Waals surface area contributed by atoms with Crippen molar-refractivity contribution >= 4 is 17.4 Å². The van der Waals surface area contributed by atoms with Crippen LogP contribution in [0.5, 0.6) is 0 Å². The topological polar surface area (TPSA) is 9.23 Å². The second-order valence-corrected chi connectivity index (χ2v) is 13.4. The summed E-state index contributed by atoms with van der Waals surface area (Å²) in [6.07, 6.45) is 7.26. The summed E-state index contributed by atoms with van der Waals surface area (Å²) in [4.78, 5) is 0. The molecule has 0 aromatic rings. The smallest absolute Gasteiger partial charge is 0.178 e. The van der Waals surface area contributed by atoms with Gasteiger partial charge in [0.15, 0.2) is 17.4 Å². The Morgan fingerprint density at radius 1 is 1.00 bits per heavy atom. The molecule has 1 atom stereocenters. The van der Waals surface area contributed by atoms with Crippen molar-refractivity contribution < 1.29 is 4.12 Å². The average Bonchev–Trinajstić information content (AvgIpc) is 2.43. The summed E-state index contributed by atoms with van der Waals surface area (Å²) in [6.45, 7) is 13.1. The highest BCUT2D eigenvalue weighted by Crippen LogP contribution is 2.25. The summed E-state index contributed by atoms with van der Waals surface area (Å²) in [7, 11) is -2.24. The fourth-order valence-corrected chi connectivity index (χ4v) is 11.2. The Labute approximate surface area is 118 Å². The molecule has 0 rings (SSSR count). The van der Waals surface area contributed by atoms with Gasteiger partial charge in [0.05, 0.1) is 0 Å². The van der Waals surface area contributed by atoms with Gasteiger partial charge >= 0.3 is 0 Å². The fourth-order valence-electron chi connectivity index (χ4n) is 2.54. The van der Waals surface area contributed by atoms with E-state index in [0.717, 1.165) is 0 Å². The van der Waals surface area contributed by atoms with Gasteiger partial charge in [0.2, 0.25) is 0 Å². The first-order chi connectivity index (χ1) is 8.67. The zero-order chi connectivity index (χ0) is 13.9. The second kappa shape index (κ2) is 11.0. The highest BCUT2D eigenvalue weighted by Gasteiger charge is 2.31. The van der Waals surface area contributed by atoms with Gasteiger partial charge in [0.25, 0.3) is 0 Å². The number of hydrogen-bond acceptors (Lipinski definition) is 1. The number of allylic oxidation sites excluding steroid dienone is 1. The predicted octanol–water partition coefficient (Wildman–Crippen LogP) is 5.50. The Balaban J connectivity index is 4.04. The van der Waals surface area contributed by atoms with Gasteiger partial charge < -0.3 is 4.12 Å². The zero-order valence-corrected chi connectivity index (χ0v) is 15.3. The van der Waals surface area contributed by atoms with Crippen molar-refractivity contribution in [3.05, 3.63) is 12.7 Å². The second-order valence-electron chi connectivity index (χ2n) is 5.32. The van der Waals surface area contributed by atoms with E-state index in [4.69, 9.17) is 4.12 Å². The molecule has 3 heteroatoms. The summed E-state index contributed by atoms with van der Waals surface area (Å²) in [5, 5.41) is 0. The largest absolute Gasteiger partial charge is 0.457 e. The van der Waals surface area contributed by atoms with Crippen LogP contribution in [0.25, 0.3) is 0 Å². The molecule has 0 N–H and O–H groups in total. The quantitative estimate of drug-likeness (QED) is 0.261. The van der Waals surface area contributed by atoms with Crippen molar-refractivity contribution in [2.75, 3.05) is 0 Å². The Hall–Kier alpha value is 0.134. The van der Waals surface area contributed by atoms with Gasteiger partial charge in [0.1, 0.15) is 0 Å². The molecule has 18 heavy (non-hydrogen) atoms. The van der Waals surface area contributed by atoms with Gasteiger partial charge in [-0.2, -0.15) is 0 Å². The van der Waals surface area contributed by atoms with Crippen LogP contribution in [-0.4, -0.2) is 17.4 Å². The van der Waals surface area contributed by atoms with E-state index in [9.17, 15) is 0 Å². The van der Waals surface area contributed by atoms with E-state index in [1.54, 1.807) is 0 Å². The molecular formula is C15H34OSi2. The van der Waals surface area contributed by atoms with Crippen molar-refractivity contribution in [2.45, 2.75) is 83.6 Å². The first kappa shape index (κ1) is 18.1. The number of rotatable bonds is 12. The van der Waals surface area contributed by atoms with E-state index in [1.807, 2.05) is 6.08 Å². The van der Waals surface area contributed by atoms with Crippen molar-refractivity contribution in [1.29, 1.82) is 0 Å². The molecule has 1 nitrogen and oxygen atoms in total. The molecule has 0 saturated carbocycles. The lowest BCUT2D eigenvalue weighted by Crippen LogP contribution is -2.41. The van der Waals surface area contributed by atoms with Gasteiger partial charge in [-0.25, -0.2) is 0 Å². The van der Waals surface area contributed by atoms with E-state index >= 15 is 0 Å². The maximum Gasteiger partial charge on any atom is 0.178 e. The molecule has 0 fully saturated rings. The highest BCUT2D eigenvalue weighted by atomic mass is 28.4. The molecule has 1 unspecified atom stereocenters. The average molecular weight is 287 g/mol. The molecular weight excluding hydrogens is 252 g/mol. The van der Waals surface area contributed by atoms with Crippen LogP contribution in [0.3, 0.4) is 0 Å². The van der Waals surface area contributed by atoms with Crippen molar-refractivity contribution in [3.8, 4) is 0 Å². The lowest BCUT2D eigenvalue weighted by atomic mass is 10.2. The predicted molar refractivity (Wildman–Crippen MR) is 89.4 cm³/mol. The molecule has 0 spiro atoms. The van der Waals surface area contributed by atoms with Gasteiger partial charge in [-0.05, 0) is 43.1 Å². The minimum absolute atomic E-state index is 0.907. The van der Waals surface area contributed by atoms with Crippen LogP contribution in [-0.2, 0) is 4.12 Å².